The van der Waals surface area contributed by atoms with Crippen molar-refractivity contribution in [3.05, 3.63) is 385 Å². The summed E-state index contributed by atoms with van der Waals surface area (Å²) >= 11 is 0. The van der Waals surface area contributed by atoms with E-state index in [4.69, 9.17) is 18.9 Å². The van der Waals surface area contributed by atoms with Gasteiger partial charge in [0.05, 0.1) is 51.4 Å². The van der Waals surface area contributed by atoms with Crippen LogP contribution in [-0.2, 0) is 0 Å². The van der Waals surface area contributed by atoms with E-state index in [1.54, 1.807) is 46.6 Å². The molecule has 0 radical (unpaired) electrons. The zero-order valence-corrected chi connectivity index (χ0v) is 59.0. The molecular formula is C95H74N6O5. The first-order valence-corrected chi connectivity index (χ1v) is 34.8. The van der Waals surface area contributed by atoms with Crippen molar-refractivity contribution in [3.8, 4) is 40.2 Å². The number of hydrogen-bond acceptors (Lipinski definition) is 11. The van der Waals surface area contributed by atoms with E-state index in [0.29, 0.717) is 16.7 Å². The maximum atomic E-state index is 12.1. The molecule has 0 amide bonds. The van der Waals surface area contributed by atoms with Crippen molar-refractivity contribution in [3.63, 3.8) is 0 Å². The van der Waals surface area contributed by atoms with Gasteiger partial charge in [-0.2, -0.15) is 5.26 Å². The Morgan fingerprint density at radius 1 is 0.292 bits per heavy atom. The highest BCUT2D eigenvalue weighted by atomic mass is 16.5. The molecule has 0 aliphatic rings. The van der Waals surface area contributed by atoms with Crippen molar-refractivity contribution in [1.82, 2.24) is 0 Å². The van der Waals surface area contributed by atoms with Gasteiger partial charge in [0.25, 0.3) is 0 Å². The number of nitroso groups, excluding NO2 is 1. The standard InChI is InChI=1S/C51H42N4O5.C44H32N2/c1-57-47-25-17-43(18-26-47)54(44-19-27-48(58-2)28-20-44)41-13-7-36(8-14-41)5-11-38-34-51(53-56)39(33-40(38)35-52)12-6-37-9-15-42(16-10-37)55(45-21-29-49(59-3)30-22-45)46-23-31-50(60-4)32-24-46;1-3-17-37(18-4-1)45(43-23-11-15-35-13-7-9-21-41(35)43)39-29-25-33(26-30-39)34-27-31-40(32-28-34)46(38-19-5-2-6-20-38)44-24-12-16-36-14-8-10-22-42(36)44/h5-34H,1-4H3;1-32H. The summed E-state index contributed by atoms with van der Waals surface area (Å²) in [6.07, 6.45) is 7.45. The summed E-state index contributed by atoms with van der Waals surface area (Å²) in [6, 6.07) is 123. The van der Waals surface area contributed by atoms with E-state index >= 15 is 0 Å². The van der Waals surface area contributed by atoms with Crippen LogP contribution in [0.5, 0.6) is 23.0 Å². The number of benzene rings is 15. The fourth-order valence-electron chi connectivity index (χ4n) is 13.2. The van der Waals surface area contributed by atoms with Gasteiger partial charge in [0.2, 0.25) is 0 Å². The average molecular weight is 1380 g/mol. The van der Waals surface area contributed by atoms with Gasteiger partial charge in [-0.25, -0.2) is 0 Å². The van der Waals surface area contributed by atoms with E-state index in [1.165, 1.54) is 32.7 Å². The predicted octanol–water partition coefficient (Wildman–Crippen LogP) is 25.9. The number of nitriles is 1. The second-order valence-corrected chi connectivity index (χ2v) is 24.9. The predicted molar refractivity (Wildman–Crippen MR) is 439 cm³/mol. The zero-order valence-electron chi connectivity index (χ0n) is 59.0. The average Bonchev–Trinajstić information content (AvgIpc) is 0.776. The Kier molecular flexibility index (Phi) is 21.2. The normalized spacial score (nSPS) is 11.0. The minimum atomic E-state index is 0.233. The van der Waals surface area contributed by atoms with E-state index in [0.717, 1.165) is 102 Å². The summed E-state index contributed by atoms with van der Waals surface area (Å²) in [5, 5.41) is 18.4. The summed E-state index contributed by atoms with van der Waals surface area (Å²) in [4.78, 5) is 21.1. The fraction of sp³-hybridized carbons (Fsp3) is 0.0421. The first-order valence-electron chi connectivity index (χ1n) is 34.8. The van der Waals surface area contributed by atoms with Crippen molar-refractivity contribution in [2.45, 2.75) is 0 Å². The molecule has 0 spiro atoms. The summed E-state index contributed by atoms with van der Waals surface area (Å²) < 4.78 is 21.5. The Morgan fingerprint density at radius 3 is 0.925 bits per heavy atom. The number of fused-ring (bicyclic) bond motifs is 2. The van der Waals surface area contributed by atoms with Crippen LogP contribution >= 0.6 is 0 Å². The largest absolute Gasteiger partial charge is 0.497 e. The molecule has 514 valence electrons. The smallest absolute Gasteiger partial charge is 0.119 e. The molecule has 11 heteroatoms. The van der Waals surface area contributed by atoms with Gasteiger partial charge in [-0.1, -0.05) is 182 Å². The molecule has 15 aromatic carbocycles. The highest BCUT2D eigenvalue weighted by Crippen LogP contribution is 2.44. The van der Waals surface area contributed by atoms with Crippen LogP contribution in [0, 0.1) is 16.2 Å². The lowest BCUT2D eigenvalue weighted by Gasteiger charge is -2.27. The van der Waals surface area contributed by atoms with E-state index in [-0.39, 0.29) is 5.69 Å². The van der Waals surface area contributed by atoms with E-state index in [1.807, 2.05) is 164 Å². The van der Waals surface area contributed by atoms with E-state index in [2.05, 4.69) is 225 Å². The molecule has 0 heterocycles. The van der Waals surface area contributed by atoms with Crippen molar-refractivity contribution < 1.29 is 18.9 Å². The van der Waals surface area contributed by atoms with Gasteiger partial charge in [0.15, 0.2) is 0 Å². The molecule has 0 saturated carbocycles. The Bertz CT molecular complexity index is 5310. The van der Waals surface area contributed by atoms with Crippen LogP contribution < -0.4 is 38.5 Å². The molecule has 0 unspecified atom stereocenters. The molecule has 0 aromatic heterocycles. The molecular weight excluding hydrogens is 1310 g/mol. The highest BCUT2D eigenvalue weighted by Gasteiger charge is 2.20. The lowest BCUT2D eigenvalue weighted by atomic mass is 10.0. The lowest BCUT2D eigenvalue weighted by molar-refractivity contribution is 0.414. The van der Waals surface area contributed by atoms with Crippen molar-refractivity contribution in [2.75, 3.05) is 48.0 Å². The van der Waals surface area contributed by atoms with Gasteiger partial charge in [0.1, 0.15) is 28.7 Å². The van der Waals surface area contributed by atoms with Gasteiger partial charge in [0, 0.05) is 73.2 Å². The molecule has 15 rings (SSSR count). The van der Waals surface area contributed by atoms with Crippen LogP contribution in [0.4, 0.5) is 73.9 Å². The number of hydrogen-bond donors (Lipinski definition) is 0. The minimum absolute atomic E-state index is 0.233. The van der Waals surface area contributed by atoms with E-state index in [9.17, 15) is 10.2 Å². The number of methoxy groups -OCH3 is 4. The summed E-state index contributed by atoms with van der Waals surface area (Å²) in [6.45, 7) is 0. The van der Waals surface area contributed by atoms with Gasteiger partial charge >= 0.3 is 0 Å². The van der Waals surface area contributed by atoms with Crippen molar-refractivity contribution >= 4 is 120 Å². The monoisotopic (exact) mass is 1380 g/mol. The van der Waals surface area contributed by atoms with E-state index < -0.39 is 0 Å². The summed E-state index contributed by atoms with van der Waals surface area (Å²) in [5.41, 5.74) is 18.5. The first-order chi connectivity index (χ1) is 52.3. The SMILES string of the molecule is COc1ccc(N(c2ccc(C=Cc3cc(N=O)c(C=Cc4ccc(N(c5ccc(OC)cc5)c5ccc(OC)cc5)cc4)cc3C#N)cc2)c2ccc(OC)cc2)cc1.c1ccc(N(c2ccc(-c3ccc(N(c4ccccc4)c4cccc5ccccc45)cc3)cc2)c2cccc3ccccc23)cc1. The second kappa shape index (κ2) is 32.6. The van der Waals surface area contributed by atoms with Crippen LogP contribution in [0.3, 0.4) is 0 Å². The number of para-hydroxylation sites is 2. The third kappa shape index (κ3) is 15.5. The zero-order chi connectivity index (χ0) is 72.6. The van der Waals surface area contributed by atoms with Crippen LogP contribution in [0.2, 0.25) is 0 Å². The van der Waals surface area contributed by atoms with Crippen LogP contribution in [0.15, 0.2) is 357 Å². The molecule has 0 fully saturated rings. The number of ether oxygens (including phenoxy) is 4. The van der Waals surface area contributed by atoms with Gasteiger partial charge in [-0.3, -0.25) is 0 Å². The van der Waals surface area contributed by atoms with Crippen molar-refractivity contribution in [2.24, 2.45) is 5.18 Å². The molecule has 11 nitrogen and oxygen atoms in total. The Morgan fingerprint density at radius 2 is 0.585 bits per heavy atom. The number of nitrogens with zero attached hydrogens (tertiary/aromatic N) is 6. The molecule has 0 aliphatic carbocycles. The number of anilines is 12. The van der Waals surface area contributed by atoms with Crippen molar-refractivity contribution in [1.29, 1.82) is 5.26 Å². The maximum absolute atomic E-state index is 12.1. The van der Waals surface area contributed by atoms with Crippen LogP contribution in [-0.4, -0.2) is 28.4 Å². The third-order valence-corrected chi connectivity index (χ3v) is 18.6. The lowest BCUT2D eigenvalue weighted by Crippen LogP contribution is -2.10. The molecule has 0 atom stereocenters. The fourth-order valence-corrected chi connectivity index (χ4v) is 13.2. The summed E-state index contributed by atoms with van der Waals surface area (Å²) in [5.74, 6) is 3.08. The second-order valence-electron chi connectivity index (χ2n) is 24.9. The Balaban J connectivity index is 0.000000184. The first kappa shape index (κ1) is 68.9. The minimum Gasteiger partial charge on any atom is -0.497 e. The Hall–Kier alpha value is -14.2. The topological polar surface area (TPSA) is 103 Å². The maximum Gasteiger partial charge on any atom is 0.119 e. The summed E-state index contributed by atoms with van der Waals surface area (Å²) in [7, 11) is 6.59. The highest BCUT2D eigenvalue weighted by molar-refractivity contribution is 6.01. The molecule has 0 saturated heterocycles. The van der Waals surface area contributed by atoms with Gasteiger partial charge in [-0.05, 0) is 238 Å². The third-order valence-electron chi connectivity index (χ3n) is 18.6. The molecule has 0 bridgehead atoms. The van der Waals surface area contributed by atoms with Crippen LogP contribution in [0.1, 0.15) is 27.8 Å². The van der Waals surface area contributed by atoms with Gasteiger partial charge < -0.3 is 38.5 Å². The molecule has 0 N–H and O–H groups in total. The van der Waals surface area contributed by atoms with Crippen LogP contribution in [0.25, 0.3) is 57.0 Å². The molecule has 15 aromatic rings. The Labute approximate surface area is 618 Å². The molecule has 106 heavy (non-hydrogen) atoms. The number of rotatable bonds is 22. The van der Waals surface area contributed by atoms with Gasteiger partial charge in [-0.15, -0.1) is 4.91 Å². The quantitative estimate of drug-likeness (QED) is 0.0481. The molecule has 0 aliphatic heterocycles.